The Labute approximate surface area is 302 Å². The van der Waals surface area contributed by atoms with Gasteiger partial charge in [0.05, 0.1) is 40.0 Å². The van der Waals surface area contributed by atoms with Gasteiger partial charge in [-0.15, -0.1) is 11.3 Å². The molecule has 0 amide bonds. The van der Waals surface area contributed by atoms with E-state index < -0.39 is 6.04 Å². The Kier molecular flexibility index (Phi) is 4.04. The van der Waals surface area contributed by atoms with Gasteiger partial charge in [0, 0.05) is 63.3 Å². The quantitative estimate of drug-likeness (QED) is 0.173. The lowest BCUT2D eigenvalue weighted by Crippen LogP contribution is -1.86. The highest BCUT2D eigenvalue weighted by molar-refractivity contribution is 7.26. The van der Waals surface area contributed by atoms with Gasteiger partial charge in [0.2, 0.25) is 0 Å². The van der Waals surface area contributed by atoms with Crippen LogP contribution in [0, 0.1) is 0 Å². The van der Waals surface area contributed by atoms with Crippen molar-refractivity contribution in [2.45, 2.75) is 0 Å². The fourth-order valence-electron chi connectivity index (χ4n) is 9.21. The molecule has 0 aliphatic rings. The standard InChI is InChI=1S/C48H26N2S/c1-2-11-27(12-3-1)29-13-4-5-14-30(29)28-21-22-41-39(23-28)45-47-37(24-38-32-16-7-9-20-44(32)51-48(38)45)36-26-42-35(25-43(36)50(41)47)34-18-10-17-33-31-15-6-8-19-40(31)49(42)46(33)34/h1-26H/i1D,2D,3D,11D,12D. The van der Waals surface area contributed by atoms with E-state index in [1.165, 1.54) is 85.5 Å². The number of fused-ring (bicyclic) bond motifs is 16. The Balaban J connectivity index is 1.18. The maximum atomic E-state index is 8.80. The highest BCUT2D eigenvalue weighted by Gasteiger charge is 2.25. The largest absolute Gasteiger partial charge is 0.308 e. The van der Waals surface area contributed by atoms with Crippen molar-refractivity contribution in [3.05, 3.63) is 158 Å². The van der Waals surface area contributed by atoms with Crippen molar-refractivity contribution in [1.29, 1.82) is 0 Å². The second-order valence-electron chi connectivity index (χ2n) is 13.7. The number of hydrogen-bond donors (Lipinski definition) is 0. The monoisotopic (exact) mass is 667 g/mol. The minimum Gasteiger partial charge on any atom is -0.308 e. The molecule has 0 atom stereocenters. The lowest BCUT2D eigenvalue weighted by Gasteiger charge is -2.11. The van der Waals surface area contributed by atoms with Crippen LogP contribution in [0.5, 0.6) is 0 Å². The average Bonchev–Trinajstić information content (AvgIpc) is 4.02. The van der Waals surface area contributed by atoms with E-state index >= 15 is 0 Å². The molecule has 3 heteroatoms. The zero-order chi connectivity index (χ0) is 37.3. The summed E-state index contributed by atoms with van der Waals surface area (Å²) in [5, 5.41) is 12.3. The van der Waals surface area contributed by atoms with Crippen LogP contribution in [-0.4, -0.2) is 8.80 Å². The van der Waals surface area contributed by atoms with Gasteiger partial charge in [-0.2, -0.15) is 0 Å². The number of aromatic nitrogens is 2. The fourth-order valence-corrected chi connectivity index (χ4v) is 10.5. The third-order valence-electron chi connectivity index (χ3n) is 11.3. The summed E-state index contributed by atoms with van der Waals surface area (Å²) in [6.07, 6.45) is 0. The summed E-state index contributed by atoms with van der Waals surface area (Å²) in [4.78, 5) is 0. The summed E-state index contributed by atoms with van der Waals surface area (Å²) in [6.45, 7) is 0. The Morgan fingerprint density at radius 3 is 1.90 bits per heavy atom. The van der Waals surface area contributed by atoms with E-state index in [4.69, 9.17) is 6.85 Å². The van der Waals surface area contributed by atoms with Crippen LogP contribution in [0.15, 0.2) is 158 Å². The highest BCUT2D eigenvalue weighted by Crippen LogP contribution is 2.50. The molecule has 5 aromatic heterocycles. The third kappa shape index (κ3) is 3.19. The van der Waals surface area contributed by atoms with Crippen molar-refractivity contribution in [1.82, 2.24) is 8.80 Å². The van der Waals surface area contributed by atoms with Crippen LogP contribution < -0.4 is 0 Å². The lowest BCUT2D eigenvalue weighted by atomic mass is 9.93. The van der Waals surface area contributed by atoms with E-state index in [0.29, 0.717) is 5.56 Å². The van der Waals surface area contributed by atoms with Crippen LogP contribution >= 0.6 is 11.3 Å². The van der Waals surface area contributed by atoms with Crippen LogP contribution in [0.1, 0.15) is 6.85 Å². The topological polar surface area (TPSA) is 8.82 Å². The Hall–Kier alpha value is -6.42. The Morgan fingerprint density at radius 1 is 0.412 bits per heavy atom. The van der Waals surface area contributed by atoms with E-state index in [9.17, 15) is 0 Å². The van der Waals surface area contributed by atoms with Gasteiger partial charge in [-0.25, -0.2) is 0 Å². The molecule has 0 saturated heterocycles. The molecule has 0 aliphatic heterocycles. The second-order valence-corrected chi connectivity index (χ2v) is 14.7. The van der Waals surface area contributed by atoms with Crippen LogP contribution in [0.25, 0.3) is 119 Å². The number of benzene rings is 8. The summed E-state index contributed by atoms with van der Waals surface area (Å²) in [5.74, 6) is 0. The van der Waals surface area contributed by atoms with E-state index in [0.717, 1.165) is 22.0 Å². The van der Waals surface area contributed by atoms with E-state index in [-0.39, 0.29) is 29.7 Å². The predicted molar refractivity (Wildman–Crippen MR) is 220 cm³/mol. The third-order valence-corrected chi connectivity index (χ3v) is 12.5. The molecule has 8 aromatic carbocycles. The molecule has 234 valence electrons. The minimum atomic E-state index is -0.391. The van der Waals surface area contributed by atoms with Crippen molar-refractivity contribution < 1.29 is 6.85 Å². The second kappa shape index (κ2) is 9.22. The summed E-state index contributed by atoms with van der Waals surface area (Å²) in [5.41, 5.74) is 9.72. The van der Waals surface area contributed by atoms with Crippen molar-refractivity contribution in [3.63, 3.8) is 0 Å². The Morgan fingerprint density at radius 2 is 1.06 bits per heavy atom. The predicted octanol–water partition coefficient (Wildman–Crippen LogP) is 13.7. The van der Waals surface area contributed by atoms with Crippen LogP contribution in [-0.2, 0) is 0 Å². The smallest absolute Gasteiger partial charge is 0.0635 e. The van der Waals surface area contributed by atoms with Gasteiger partial charge in [0.25, 0.3) is 0 Å². The SMILES string of the molecule is [2H]c1c([2H])c([2H])c(-c2ccccc2-c2ccc3c(c2)c2c4sc5ccccc5c4cc4c5cc6c(cc5n3c42)c2cccc3c4ccccc4n6c32)c([2H])c1[2H]. The minimum absolute atomic E-state index is 0.202. The van der Waals surface area contributed by atoms with E-state index in [2.05, 4.69) is 112 Å². The molecule has 51 heavy (non-hydrogen) atoms. The first-order valence-electron chi connectivity index (χ1n) is 19.7. The lowest BCUT2D eigenvalue weighted by molar-refractivity contribution is 1.36. The van der Waals surface area contributed by atoms with Gasteiger partial charge >= 0.3 is 0 Å². The first-order chi connectivity index (χ1) is 27.4. The molecular weight excluding hydrogens is 637 g/mol. The molecule has 2 nitrogen and oxygen atoms in total. The number of para-hydroxylation sites is 2. The van der Waals surface area contributed by atoms with Gasteiger partial charge in [-0.3, -0.25) is 0 Å². The van der Waals surface area contributed by atoms with Crippen molar-refractivity contribution in [2.75, 3.05) is 0 Å². The van der Waals surface area contributed by atoms with E-state index in [1.807, 2.05) is 35.6 Å². The van der Waals surface area contributed by atoms with Gasteiger partial charge in [-0.1, -0.05) is 115 Å². The number of rotatable bonds is 2. The normalized spacial score (nSPS) is 14.1. The number of hydrogen-bond acceptors (Lipinski definition) is 1. The first-order valence-corrected chi connectivity index (χ1v) is 18.0. The molecule has 13 rings (SSSR count). The first kappa shape index (κ1) is 22.3. The van der Waals surface area contributed by atoms with E-state index in [1.54, 1.807) is 0 Å². The molecule has 0 aliphatic carbocycles. The van der Waals surface area contributed by atoms with Gasteiger partial charge in [0.15, 0.2) is 0 Å². The summed E-state index contributed by atoms with van der Waals surface area (Å²) in [7, 11) is 0. The van der Waals surface area contributed by atoms with Gasteiger partial charge in [0.1, 0.15) is 0 Å². The molecule has 0 fully saturated rings. The molecule has 0 saturated carbocycles. The van der Waals surface area contributed by atoms with Crippen molar-refractivity contribution in [3.8, 4) is 22.3 Å². The molecule has 5 heterocycles. The average molecular weight is 668 g/mol. The molecule has 0 radical (unpaired) electrons. The number of thiophene rings is 1. The summed E-state index contributed by atoms with van der Waals surface area (Å²) >= 11 is 1.83. The molecule has 0 spiro atoms. The van der Waals surface area contributed by atoms with Gasteiger partial charge < -0.3 is 8.80 Å². The summed E-state index contributed by atoms with van der Waals surface area (Å²) < 4.78 is 50.0. The highest BCUT2D eigenvalue weighted by atomic mass is 32.1. The number of nitrogens with zero attached hydrogens (tertiary/aromatic N) is 2. The maximum Gasteiger partial charge on any atom is 0.0635 e. The maximum absolute atomic E-state index is 8.80. The van der Waals surface area contributed by atoms with Crippen molar-refractivity contribution in [2.24, 2.45) is 0 Å². The van der Waals surface area contributed by atoms with Crippen LogP contribution in [0.3, 0.4) is 0 Å². The molecule has 13 aromatic rings. The summed E-state index contributed by atoms with van der Waals surface area (Å²) in [6, 6.07) is 44.0. The van der Waals surface area contributed by atoms with Crippen LogP contribution in [0.4, 0.5) is 0 Å². The van der Waals surface area contributed by atoms with Crippen LogP contribution in [0.2, 0.25) is 0 Å². The van der Waals surface area contributed by atoms with Crippen molar-refractivity contribution >= 4 is 108 Å². The zero-order valence-corrected chi connectivity index (χ0v) is 27.7. The Bertz CT molecular complexity index is 3860. The molecule has 0 bridgehead atoms. The molecular formula is C48H26N2S. The van der Waals surface area contributed by atoms with Gasteiger partial charge in [-0.05, 0) is 64.7 Å². The zero-order valence-electron chi connectivity index (χ0n) is 31.9. The molecule has 0 unspecified atom stereocenters. The molecule has 0 N–H and O–H groups in total. The fraction of sp³-hybridized carbons (Fsp3) is 0.